The molecule has 0 spiro atoms. The number of carbonyl (C=O) groups excluding carboxylic acids is 1. The fraction of sp³-hybridized carbons (Fsp3) is 0.316. The van der Waals surface area contributed by atoms with Gasteiger partial charge in [0.15, 0.2) is 0 Å². The SMILES string of the molecule is Cc1sc2ncnc(SCC(=O)N3CCCC3)c2c1-c1ccccc1. The van der Waals surface area contributed by atoms with Gasteiger partial charge in [0.1, 0.15) is 16.2 Å². The molecule has 0 aliphatic carbocycles. The lowest BCUT2D eigenvalue weighted by Crippen LogP contribution is -2.29. The van der Waals surface area contributed by atoms with Crippen LogP contribution in [0.25, 0.3) is 21.3 Å². The fourth-order valence-corrected chi connectivity index (χ4v) is 5.25. The van der Waals surface area contributed by atoms with E-state index in [0.717, 1.165) is 41.2 Å². The van der Waals surface area contributed by atoms with Crippen molar-refractivity contribution in [2.75, 3.05) is 18.8 Å². The van der Waals surface area contributed by atoms with Crippen LogP contribution in [0.5, 0.6) is 0 Å². The highest BCUT2D eigenvalue weighted by molar-refractivity contribution is 8.00. The zero-order valence-corrected chi connectivity index (χ0v) is 15.7. The minimum Gasteiger partial charge on any atom is -0.342 e. The molecule has 6 heteroatoms. The van der Waals surface area contributed by atoms with Gasteiger partial charge in [0, 0.05) is 23.5 Å². The second-order valence-corrected chi connectivity index (χ2v) is 8.30. The number of aryl methyl sites for hydroxylation is 1. The van der Waals surface area contributed by atoms with Gasteiger partial charge in [-0.25, -0.2) is 9.97 Å². The summed E-state index contributed by atoms with van der Waals surface area (Å²) < 4.78 is 0. The molecule has 1 saturated heterocycles. The zero-order chi connectivity index (χ0) is 17.2. The van der Waals surface area contributed by atoms with Gasteiger partial charge in [-0.2, -0.15) is 0 Å². The molecule has 25 heavy (non-hydrogen) atoms. The number of fused-ring (bicyclic) bond motifs is 1. The Labute approximate surface area is 155 Å². The van der Waals surface area contributed by atoms with Crippen molar-refractivity contribution in [3.8, 4) is 11.1 Å². The minimum atomic E-state index is 0.211. The molecule has 4 rings (SSSR count). The summed E-state index contributed by atoms with van der Waals surface area (Å²) >= 11 is 3.22. The summed E-state index contributed by atoms with van der Waals surface area (Å²) in [4.78, 5) is 25.5. The number of thioether (sulfide) groups is 1. The topological polar surface area (TPSA) is 46.1 Å². The van der Waals surface area contributed by atoms with Crippen LogP contribution in [0.2, 0.25) is 0 Å². The van der Waals surface area contributed by atoms with Crippen LogP contribution in [0, 0.1) is 6.92 Å². The highest BCUT2D eigenvalue weighted by atomic mass is 32.2. The molecule has 0 saturated carbocycles. The van der Waals surface area contributed by atoms with Crippen LogP contribution in [-0.2, 0) is 4.79 Å². The molecule has 128 valence electrons. The molecule has 1 amide bonds. The Morgan fingerprint density at radius 2 is 1.96 bits per heavy atom. The van der Waals surface area contributed by atoms with E-state index in [1.165, 1.54) is 27.8 Å². The van der Waals surface area contributed by atoms with Gasteiger partial charge in [-0.15, -0.1) is 11.3 Å². The monoisotopic (exact) mass is 369 g/mol. The number of likely N-dealkylation sites (tertiary alicyclic amines) is 1. The van der Waals surface area contributed by atoms with E-state index in [-0.39, 0.29) is 5.91 Å². The quantitative estimate of drug-likeness (QED) is 0.506. The van der Waals surface area contributed by atoms with Crippen molar-refractivity contribution in [3.63, 3.8) is 0 Å². The highest BCUT2D eigenvalue weighted by Gasteiger charge is 2.20. The van der Waals surface area contributed by atoms with Crippen molar-refractivity contribution < 1.29 is 4.79 Å². The van der Waals surface area contributed by atoms with Crippen LogP contribution in [0.15, 0.2) is 41.7 Å². The van der Waals surface area contributed by atoms with E-state index >= 15 is 0 Å². The molecular weight excluding hydrogens is 350 g/mol. The largest absolute Gasteiger partial charge is 0.342 e. The van der Waals surface area contributed by atoms with E-state index < -0.39 is 0 Å². The molecule has 0 atom stereocenters. The van der Waals surface area contributed by atoms with Gasteiger partial charge in [-0.3, -0.25) is 4.79 Å². The highest BCUT2D eigenvalue weighted by Crippen LogP contribution is 2.41. The van der Waals surface area contributed by atoms with Crippen molar-refractivity contribution in [2.24, 2.45) is 0 Å². The molecule has 1 aromatic carbocycles. The number of benzene rings is 1. The van der Waals surface area contributed by atoms with Crippen LogP contribution >= 0.6 is 23.1 Å². The number of hydrogen-bond donors (Lipinski definition) is 0. The second kappa shape index (κ2) is 7.14. The van der Waals surface area contributed by atoms with Gasteiger partial charge in [-0.05, 0) is 25.3 Å². The molecule has 3 aromatic rings. The van der Waals surface area contributed by atoms with Crippen LogP contribution in [-0.4, -0.2) is 39.6 Å². The Morgan fingerprint density at radius 3 is 2.72 bits per heavy atom. The normalized spacial score (nSPS) is 14.4. The first-order valence-corrected chi connectivity index (χ1v) is 10.2. The molecule has 0 unspecified atom stereocenters. The molecule has 0 N–H and O–H groups in total. The Kier molecular flexibility index (Phi) is 4.72. The van der Waals surface area contributed by atoms with Gasteiger partial charge >= 0.3 is 0 Å². The van der Waals surface area contributed by atoms with Crippen molar-refractivity contribution in [1.29, 1.82) is 0 Å². The predicted octanol–water partition coefficient (Wildman–Crippen LogP) is 4.38. The lowest BCUT2D eigenvalue weighted by atomic mass is 10.0. The molecule has 1 fully saturated rings. The average molecular weight is 370 g/mol. The number of hydrogen-bond acceptors (Lipinski definition) is 5. The van der Waals surface area contributed by atoms with Gasteiger partial charge in [0.2, 0.25) is 5.91 Å². The molecule has 4 nitrogen and oxygen atoms in total. The summed E-state index contributed by atoms with van der Waals surface area (Å²) in [6.45, 7) is 3.91. The summed E-state index contributed by atoms with van der Waals surface area (Å²) in [5.74, 6) is 0.650. The second-order valence-electron chi connectivity index (χ2n) is 6.13. The summed E-state index contributed by atoms with van der Waals surface area (Å²) in [6, 6.07) is 10.3. The maximum atomic E-state index is 12.4. The van der Waals surface area contributed by atoms with Crippen LogP contribution in [0.4, 0.5) is 0 Å². The molecule has 1 aliphatic heterocycles. The van der Waals surface area contributed by atoms with Crippen molar-refractivity contribution in [1.82, 2.24) is 14.9 Å². The lowest BCUT2D eigenvalue weighted by Gasteiger charge is -2.14. The van der Waals surface area contributed by atoms with Crippen LogP contribution in [0.1, 0.15) is 17.7 Å². The Bertz CT molecular complexity index is 902. The molecule has 1 aliphatic rings. The van der Waals surface area contributed by atoms with E-state index in [1.54, 1.807) is 17.7 Å². The number of thiophene rings is 1. The molecule has 3 heterocycles. The number of aromatic nitrogens is 2. The smallest absolute Gasteiger partial charge is 0.232 e. The number of nitrogens with zero attached hydrogens (tertiary/aromatic N) is 3. The predicted molar refractivity (Wildman–Crippen MR) is 104 cm³/mol. The first kappa shape index (κ1) is 16.5. The first-order valence-electron chi connectivity index (χ1n) is 8.44. The third-order valence-electron chi connectivity index (χ3n) is 4.48. The van der Waals surface area contributed by atoms with Crippen LogP contribution in [0.3, 0.4) is 0 Å². The van der Waals surface area contributed by atoms with Gasteiger partial charge in [-0.1, -0.05) is 42.1 Å². The lowest BCUT2D eigenvalue weighted by molar-refractivity contribution is -0.127. The Balaban J connectivity index is 1.68. The molecular formula is C19H19N3OS2. The summed E-state index contributed by atoms with van der Waals surface area (Å²) in [6.07, 6.45) is 3.85. The van der Waals surface area contributed by atoms with Gasteiger partial charge in [0.25, 0.3) is 0 Å². The van der Waals surface area contributed by atoms with E-state index in [4.69, 9.17) is 0 Å². The van der Waals surface area contributed by atoms with E-state index in [9.17, 15) is 4.79 Å². The van der Waals surface area contributed by atoms with E-state index in [2.05, 4.69) is 29.0 Å². The first-order chi connectivity index (χ1) is 12.2. The number of rotatable bonds is 4. The zero-order valence-electron chi connectivity index (χ0n) is 14.1. The van der Waals surface area contributed by atoms with E-state index in [1.807, 2.05) is 23.1 Å². The Hall–Kier alpha value is -1.92. The summed E-state index contributed by atoms with van der Waals surface area (Å²) in [5.41, 5.74) is 2.37. The molecule has 2 aromatic heterocycles. The maximum Gasteiger partial charge on any atom is 0.232 e. The minimum absolute atomic E-state index is 0.211. The van der Waals surface area contributed by atoms with Gasteiger partial charge < -0.3 is 4.90 Å². The van der Waals surface area contributed by atoms with Crippen molar-refractivity contribution >= 4 is 39.2 Å². The van der Waals surface area contributed by atoms with Gasteiger partial charge in [0.05, 0.1) is 11.1 Å². The molecule has 0 bridgehead atoms. The third-order valence-corrected chi connectivity index (χ3v) is 6.47. The summed E-state index contributed by atoms with van der Waals surface area (Å²) in [5, 5.41) is 1.98. The van der Waals surface area contributed by atoms with Crippen LogP contribution < -0.4 is 0 Å². The fourth-order valence-electron chi connectivity index (χ4n) is 3.27. The van der Waals surface area contributed by atoms with E-state index in [0.29, 0.717) is 5.75 Å². The Morgan fingerprint density at radius 1 is 1.20 bits per heavy atom. The van der Waals surface area contributed by atoms with Crippen molar-refractivity contribution in [2.45, 2.75) is 24.8 Å². The summed E-state index contributed by atoms with van der Waals surface area (Å²) in [7, 11) is 0. The maximum absolute atomic E-state index is 12.4. The van der Waals surface area contributed by atoms with Crippen molar-refractivity contribution in [3.05, 3.63) is 41.5 Å². The molecule has 0 radical (unpaired) electrons. The third kappa shape index (κ3) is 3.28. The standard InChI is InChI=1S/C19H19N3OS2/c1-13-16(14-7-3-2-4-8-14)17-18(20-12-21-19(17)25-13)24-11-15(23)22-9-5-6-10-22/h2-4,7-8,12H,5-6,9-11H2,1H3. The number of amides is 1. The number of carbonyl (C=O) groups is 1. The average Bonchev–Trinajstić information content (AvgIpc) is 3.27.